The second-order valence-electron chi connectivity index (χ2n) is 2.93. The minimum absolute atomic E-state index is 0.153. The molecule has 0 amide bonds. The highest BCUT2D eigenvalue weighted by molar-refractivity contribution is 4.81. The Balaban J connectivity index is 2.10. The quantitative estimate of drug-likeness (QED) is 0.350. The summed E-state index contributed by atoms with van der Waals surface area (Å²) in [6.45, 7) is 4.21. The molecule has 11 heavy (non-hydrogen) atoms. The molecule has 0 N–H and O–H groups in total. The molecule has 0 bridgehead atoms. The molecule has 0 unspecified atom stereocenters. The third kappa shape index (κ3) is 2.44. The first-order valence-corrected chi connectivity index (χ1v) is 3.41. The number of hydrogen-bond acceptors (Lipinski definition) is 5. The molecular formula is C6H12N2O3. The molecule has 1 aliphatic heterocycles. The van der Waals surface area contributed by atoms with E-state index < -0.39 is 0 Å². The van der Waals surface area contributed by atoms with Crippen molar-refractivity contribution in [2.75, 3.05) is 26.9 Å². The molecule has 5 heteroatoms. The average Bonchev–Trinajstić information content (AvgIpc) is 1.95. The molecule has 64 valence electrons. The van der Waals surface area contributed by atoms with Crippen LogP contribution in [0.3, 0.4) is 0 Å². The van der Waals surface area contributed by atoms with E-state index in [-0.39, 0.29) is 5.41 Å². The van der Waals surface area contributed by atoms with Crippen LogP contribution in [0.25, 0.3) is 0 Å². The predicted molar refractivity (Wildman–Crippen MR) is 36.7 cm³/mol. The van der Waals surface area contributed by atoms with Gasteiger partial charge < -0.3 is 4.74 Å². The number of hydrogen-bond donors (Lipinski definition) is 0. The van der Waals surface area contributed by atoms with Crippen molar-refractivity contribution in [3.05, 3.63) is 0 Å². The monoisotopic (exact) mass is 160 g/mol. The maximum atomic E-state index is 5.02. The Morgan fingerprint density at radius 3 is 2.73 bits per heavy atom. The maximum Gasteiger partial charge on any atom is 0.0857 e. The minimum atomic E-state index is 0.153. The maximum absolute atomic E-state index is 5.02. The molecule has 0 radical (unpaired) electrons. The first kappa shape index (κ1) is 8.42. The fourth-order valence-corrected chi connectivity index (χ4v) is 0.798. The fourth-order valence-electron chi connectivity index (χ4n) is 0.798. The third-order valence-corrected chi connectivity index (χ3v) is 1.52. The summed E-state index contributed by atoms with van der Waals surface area (Å²) in [5.74, 6) is 0. The molecule has 0 aromatic rings. The van der Waals surface area contributed by atoms with Crippen LogP contribution < -0.4 is 0 Å². The lowest BCUT2D eigenvalue weighted by Gasteiger charge is -2.35. The minimum Gasteiger partial charge on any atom is -0.380 e. The Morgan fingerprint density at radius 1 is 1.55 bits per heavy atom. The molecule has 0 aromatic heterocycles. The van der Waals surface area contributed by atoms with E-state index >= 15 is 0 Å². The van der Waals surface area contributed by atoms with Crippen molar-refractivity contribution in [2.45, 2.75) is 6.92 Å². The first-order chi connectivity index (χ1) is 5.27. The molecule has 5 nitrogen and oxygen atoms in total. The summed E-state index contributed by atoms with van der Waals surface area (Å²) in [6.07, 6.45) is 0. The summed E-state index contributed by atoms with van der Waals surface area (Å²) in [5, 5.41) is 7.06. The zero-order valence-corrected chi connectivity index (χ0v) is 6.74. The van der Waals surface area contributed by atoms with Crippen LogP contribution in [0.5, 0.6) is 0 Å². The van der Waals surface area contributed by atoms with Crippen LogP contribution in [0, 0.1) is 5.41 Å². The van der Waals surface area contributed by atoms with Crippen LogP contribution in [0.4, 0.5) is 0 Å². The molecule has 0 aromatic carbocycles. The first-order valence-electron chi connectivity index (χ1n) is 3.41. The fraction of sp³-hybridized carbons (Fsp3) is 1.00. The summed E-state index contributed by atoms with van der Waals surface area (Å²) in [4.78, 5) is 8.43. The van der Waals surface area contributed by atoms with E-state index in [0.717, 1.165) is 13.2 Å². The van der Waals surface area contributed by atoms with E-state index in [4.69, 9.17) is 4.74 Å². The van der Waals surface area contributed by atoms with Gasteiger partial charge in [-0.05, 0) is 0 Å². The van der Waals surface area contributed by atoms with Crippen LogP contribution in [0.15, 0.2) is 10.4 Å². The summed E-state index contributed by atoms with van der Waals surface area (Å²) >= 11 is 0. The molecule has 0 aliphatic carbocycles. The van der Waals surface area contributed by atoms with Crippen molar-refractivity contribution >= 4 is 0 Å². The van der Waals surface area contributed by atoms with E-state index in [1.54, 1.807) is 0 Å². The molecule has 1 fully saturated rings. The molecule has 0 atom stereocenters. The van der Waals surface area contributed by atoms with Gasteiger partial charge in [0.25, 0.3) is 0 Å². The van der Waals surface area contributed by atoms with E-state index in [9.17, 15) is 0 Å². The van der Waals surface area contributed by atoms with E-state index in [2.05, 4.69) is 27.2 Å². The highest BCUT2D eigenvalue weighted by atomic mass is 17.3. The second-order valence-corrected chi connectivity index (χ2v) is 2.93. The molecular weight excluding hydrogens is 148 g/mol. The second kappa shape index (κ2) is 3.64. The summed E-state index contributed by atoms with van der Waals surface area (Å²) in [6, 6.07) is 0. The smallest absolute Gasteiger partial charge is 0.0857 e. The van der Waals surface area contributed by atoms with Crippen molar-refractivity contribution < 1.29 is 14.6 Å². The van der Waals surface area contributed by atoms with Gasteiger partial charge in [0.05, 0.1) is 32.1 Å². The van der Waals surface area contributed by atoms with Crippen molar-refractivity contribution in [2.24, 2.45) is 15.8 Å². The van der Waals surface area contributed by atoms with Gasteiger partial charge in [0.2, 0.25) is 0 Å². The zero-order valence-electron chi connectivity index (χ0n) is 6.74. The Labute approximate surface area is 65.2 Å². The topological polar surface area (TPSA) is 52.4 Å². The van der Waals surface area contributed by atoms with Crippen LogP contribution >= 0.6 is 0 Å². The standard InChI is InChI=1S/C6H12N2O3/c1-6(4-10-5-6)3-7-8-11-9-2/h3-5H2,1-2H3. The SMILES string of the molecule is COON=NCC1(C)COC1. The Kier molecular flexibility index (Phi) is 2.78. The van der Waals surface area contributed by atoms with Gasteiger partial charge in [-0.25, -0.2) is 4.99 Å². The summed E-state index contributed by atoms with van der Waals surface area (Å²) < 4.78 is 5.02. The summed E-state index contributed by atoms with van der Waals surface area (Å²) in [5.41, 5.74) is 0.153. The predicted octanol–water partition coefficient (Wildman–Crippen LogP) is 0.968. The Bertz CT molecular complexity index is 145. The van der Waals surface area contributed by atoms with Gasteiger partial charge in [-0.2, -0.15) is 10.0 Å². The van der Waals surface area contributed by atoms with Crippen molar-refractivity contribution in [3.63, 3.8) is 0 Å². The van der Waals surface area contributed by atoms with Gasteiger partial charge in [-0.15, -0.1) is 0 Å². The van der Waals surface area contributed by atoms with Gasteiger partial charge >= 0.3 is 0 Å². The number of rotatable bonds is 4. The third-order valence-electron chi connectivity index (χ3n) is 1.52. The van der Waals surface area contributed by atoms with Crippen LogP contribution in [-0.2, 0) is 14.6 Å². The highest BCUT2D eigenvalue weighted by Crippen LogP contribution is 2.26. The van der Waals surface area contributed by atoms with E-state index in [1.807, 2.05) is 0 Å². The Hall–Kier alpha value is -0.680. The molecule has 1 aliphatic rings. The van der Waals surface area contributed by atoms with Gasteiger partial charge in [-0.1, -0.05) is 6.92 Å². The lowest BCUT2D eigenvalue weighted by Crippen LogP contribution is -2.42. The van der Waals surface area contributed by atoms with Gasteiger partial charge in [0.15, 0.2) is 0 Å². The normalized spacial score (nSPS) is 21.6. The molecule has 0 saturated carbocycles. The molecule has 1 rings (SSSR count). The molecule has 1 heterocycles. The van der Waals surface area contributed by atoms with Crippen molar-refractivity contribution in [1.29, 1.82) is 0 Å². The lowest BCUT2D eigenvalue weighted by molar-refractivity contribution is -0.281. The number of nitrogens with zero attached hydrogens (tertiary/aromatic N) is 2. The molecule has 0 spiro atoms. The van der Waals surface area contributed by atoms with Crippen LogP contribution in [0.2, 0.25) is 0 Å². The van der Waals surface area contributed by atoms with Gasteiger partial charge in [0, 0.05) is 5.41 Å². The van der Waals surface area contributed by atoms with Crippen LogP contribution in [0.1, 0.15) is 6.92 Å². The Morgan fingerprint density at radius 2 is 2.27 bits per heavy atom. The van der Waals surface area contributed by atoms with Gasteiger partial charge in [0.1, 0.15) is 0 Å². The average molecular weight is 160 g/mol. The number of ether oxygens (including phenoxy) is 1. The van der Waals surface area contributed by atoms with Crippen molar-refractivity contribution in [1.82, 2.24) is 0 Å². The van der Waals surface area contributed by atoms with Crippen LogP contribution in [-0.4, -0.2) is 26.9 Å². The largest absolute Gasteiger partial charge is 0.380 e. The van der Waals surface area contributed by atoms with Crippen molar-refractivity contribution in [3.8, 4) is 0 Å². The van der Waals surface area contributed by atoms with E-state index in [0.29, 0.717) is 6.54 Å². The zero-order chi connectivity index (χ0) is 8.16. The highest BCUT2D eigenvalue weighted by Gasteiger charge is 2.33. The van der Waals surface area contributed by atoms with E-state index in [1.165, 1.54) is 7.11 Å². The molecule has 1 saturated heterocycles. The summed E-state index contributed by atoms with van der Waals surface area (Å²) in [7, 11) is 1.38. The van der Waals surface area contributed by atoms with Gasteiger partial charge in [-0.3, -0.25) is 0 Å². The lowest BCUT2D eigenvalue weighted by atomic mass is 9.89.